The van der Waals surface area contributed by atoms with E-state index >= 15 is 0 Å². The number of ether oxygens (including phenoxy) is 2. The van der Waals surface area contributed by atoms with Crippen molar-refractivity contribution in [2.24, 2.45) is 4.99 Å². The van der Waals surface area contributed by atoms with Gasteiger partial charge in [0.05, 0.1) is 12.8 Å². The number of rotatable bonds is 7. The number of hydrogen-bond acceptors (Lipinski definition) is 4. The molecule has 0 aliphatic carbocycles. The van der Waals surface area contributed by atoms with Crippen molar-refractivity contribution in [3.05, 3.63) is 101 Å². The first kappa shape index (κ1) is 23.2. The first-order chi connectivity index (χ1) is 15.3. The van der Waals surface area contributed by atoms with Gasteiger partial charge in [-0.2, -0.15) is 0 Å². The standard InChI is InChI=1S/C27H28FNO3/c1-27(2,3)32-26(30)24(18-21-17-22(31-4)15-16-23(21)28)29-25(19-11-7-5-8-12-19)20-13-9-6-10-14-20/h5-17,24H,18H2,1-4H3. The molecule has 1 atom stereocenters. The SMILES string of the molecule is COc1ccc(F)c(CC(N=C(c2ccccc2)c2ccccc2)C(=O)OC(C)(C)C)c1. The first-order valence-electron chi connectivity index (χ1n) is 10.5. The van der Waals surface area contributed by atoms with Crippen LogP contribution < -0.4 is 4.74 Å². The molecule has 3 aromatic rings. The van der Waals surface area contributed by atoms with E-state index in [1.165, 1.54) is 13.2 Å². The van der Waals surface area contributed by atoms with E-state index in [9.17, 15) is 9.18 Å². The van der Waals surface area contributed by atoms with Gasteiger partial charge in [0.15, 0.2) is 6.04 Å². The van der Waals surface area contributed by atoms with Crippen molar-refractivity contribution >= 4 is 11.7 Å². The van der Waals surface area contributed by atoms with Gasteiger partial charge < -0.3 is 9.47 Å². The Morgan fingerprint density at radius 1 is 0.938 bits per heavy atom. The van der Waals surface area contributed by atoms with Gasteiger partial charge in [0, 0.05) is 17.5 Å². The highest BCUT2D eigenvalue weighted by Gasteiger charge is 2.27. The molecule has 0 fully saturated rings. The lowest BCUT2D eigenvalue weighted by atomic mass is 10.00. The molecule has 0 aliphatic rings. The van der Waals surface area contributed by atoms with E-state index in [2.05, 4.69) is 0 Å². The summed E-state index contributed by atoms with van der Waals surface area (Å²) in [4.78, 5) is 18.0. The van der Waals surface area contributed by atoms with Crippen LogP contribution in [0.3, 0.4) is 0 Å². The highest BCUT2D eigenvalue weighted by atomic mass is 19.1. The minimum atomic E-state index is -0.939. The number of halogens is 1. The molecule has 4 nitrogen and oxygen atoms in total. The van der Waals surface area contributed by atoms with E-state index in [1.807, 2.05) is 60.7 Å². The molecule has 0 bridgehead atoms. The largest absolute Gasteiger partial charge is 0.497 e. The normalized spacial score (nSPS) is 12.0. The number of carbonyl (C=O) groups is 1. The molecule has 0 aromatic heterocycles. The third kappa shape index (κ3) is 6.27. The van der Waals surface area contributed by atoms with Crippen LogP contribution in [0.5, 0.6) is 5.75 Å². The van der Waals surface area contributed by atoms with Gasteiger partial charge in [-0.25, -0.2) is 9.18 Å². The van der Waals surface area contributed by atoms with E-state index in [4.69, 9.17) is 14.5 Å². The number of hydrogen-bond donors (Lipinski definition) is 0. The number of benzene rings is 3. The summed E-state index contributed by atoms with van der Waals surface area (Å²) in [6.07, 6.45) is 0.0428. The highest BCUT2D eigenvalue weighted by Crippen LogP contribution is 2.22. The van der Waals surface area contributed by atoms with E-state index in [1.54, 1.807) is 32.9 Å². The van der Waals surface area contributed by atoms with Crippen molar-refractivity contribution in [3.8, 4) is 5.75 Å². The van der Waals surface area contributed by atoms with E-state index in [-0.39, 0.29) is 6.42 Å². The second kappa shape index (κ2) is 10.2. The molecule has 32 heavy (non-hydrogen) atoms. The average Bonchev–Trinajstić information content (AvgIpc) is 2.77. The summed E-state index contributed by atoms with van der Waals surface area (Å²) in [5.41, 5.74) is 2.00. The number of methoxy groups -OCH3 is 1. The summed E-state index contributed by atoms with van der Waals surface area (Å²) in [6.45, 7) is 5.40. The number of nitrogens with zero attached hydrogens (tertiary/aromatic N) is 1. The average molecular weight is 434 g/mol. The minimum absolute atomic E-state index is 0.0428. The fourth-order valence-corrected chi connectivity index (χ4v) is 3.26. The Balaban J connectivity index is 2.10. The molecule has 3 rings (SSSR count). The van der Waals surface area contributed by atoms with Crippen LogP contribution in [0.2, 0.25) is 0 Å². The molecule has 0 N–H and O–H groups in total. The van der Waals surface area contributed by atoms with Gasteiger partial charge in [0.1, 0.15) is 17.2 Å². The third-order valence-electron chi connectivity index (χ3n) is 4.72. The highest BCUT2D eigenvalue weighted by molar-refractivity contribution is 6.13. The second-order valence-corrected chi connectivity index (χ2v) is 8.42. The summed E-state index contributed by atoms with van der Waals surface area (Å²) >= 11 is 0. The Morgan fingerprint density at radius 2 is 1.50 bits per heavy atom. The second-order valence-electron chi connectivity index (χ2n) is 8.42. The maximum absolute atomic E-state index is 14.6. The maximum Gasteiger partial charge on any atom is 0.331 e. The van der Waals surface area contributed by atoms with Crippen molar-refractivity contribution in [1.82, 2.24) is 0 Å². The first-order valence-corrected chi connectivity index (χ1v) is 10.5. The molecule has 0 amide bonds. The molecule has 0 saturated carbocycles. The van der Waals surface area contributed by atoms with Gasteiger partial charge in [-0.1, -0.05) is 60.7 Å². The molecule has 0 radical (unpaired) electrons. The fourth-order valence-electron chi connectivity index (χ4n) is 3.26. The molecule has 1 unspecified atom stereocenters. The maximum atomic E-state index is 14.6. The van der Waals surface area contributed by atoms with Gasteiger partial charge >= 0.3 is 5.97 Å². The Kier molecular flexibility index (Phi) is 7.41. The third-order valence-corrected chi connectivity index (χ3v) is 4.72. The smallest absolute Gasteiger partial charge is 0.331 e. The minimum Gasteiger partial charge on any atom is -0.497 e. The van der Waals surface area contributed by atoms with Crippen molar-refractivity contribution < 1.29 is 18.7 Å². The Morgan fingerprint density at radius 3 is 2.00 bits per heavy atom. The van der Waals surface area contributed by atoms with Crippen molar-refractivity contribution in [3.63, 3.8) is 0 Å². The molecular formula is C27H28FNO3. The van der Waals surface area contributed by atoms with E-state index < -0.39 is 23.4 Å². The fraction of sp³-hybridized carbons (Fsp3) is 0.259. The summed E-state index contributed by atoms with van der Waals surface area (Å²) in [6, 6.07) is 22.8. The summed E-state index contributed by atoms with van der Waals surface area (Å²) in [5.74, 6) is -0.417. The molecule has 0 spiro atoms. The predicted molar refractivity (Wildman–Crippen MR) is 125 cm³/mol. The van der Waals surface area contributed by atoms with E-state index in [0.29, 0.717) is 17.0 Å². The van der Waals surface area contributed by atoms with Gasteiger partial charge in [-0.3, -0.25) is 4.99 Å². The van der Waals surface area contributed by atoms with Crippen molar-refractivity contribution in [2.45, 2.75) is 38.8 Å². The quantitative estimate of drug-likeness (QED) is 0.359. The van der Waals surface area contributed by atoms with Gasteiger partial charge in [-0.05, 0) is 44.5 Å². The number of aliphatic imine (C=N–C) groups is 1. The Labute approximate surface area is 188 Å². The summed E-state index contributed by atoms with van der Waals surface area (Å²) < 4.78 is 25.5. The lowest BCUT2D eigenvalue weighted by Gasteiger charge is -2.23. The zero-order chi connectivity index (χ0) is 23.1. The molecule has 0 aliphatic heterocycles. The Bertz CT molecular complexity index is 1030. The van der Waals surface area contributed by atoms with Crippen LogP contribution >= 0.6 is 0 Å². The molecule has 5 heteroatoms. The lowest BCUT2D eigenvalue weighted by molar-refractivity contribution is -0.156. The molecule has 0 heterocycles. The van der Waals surface area contributed by atoms with Crippen LogP contribution in [0.15, 0.2) is 83.9 Å². The predicted octanol–water partition coefficient (Wildman–Crippen LogP) is 5.62. The molecule has 0 saturated heterocycles. The van der Waals surface area contributed by atoms with Crippen LogP contribution in [0, 0.1) is 5.82 Å². The Hall–Kier alpha value is -3.47. The van der Waals surface area contributed by atoms with Crippen molar-refractivity contribution in [2.75, 3.05) is 7.11 Å². The van der Waals surface area contributed by atoms with Crippen LogP contribution in [0.4, 0.5) is 4.39 Å². The molecular weight excluding hydrogens is 405 g/mol. The zero-order valence-corrected chi connectivity index (χ0v) is 18.8. The topological polar surface area (TPSA) is 47.9 Å². The number of esters is 1. The number of carbonyl (C=O) groups excluding carboxylic acids is 1. The van der Waals surface area contributed by atoms with Crippen LogP contribution in [0.25, 0.3) is 0 Å². The van der Waals surface area contributed by atoms with Gasteiger partial charge in [-0.15, -0.1) is 0 Å². The van der Waals surface area contributed by atoms with E-state index in [0.717, 1.165) is 11.1 Å². The monoisotopic (exact) mass is 433 g/mol. The summed E-state index contributed by atoms with van der Waals surface area (Å²) in [5, 5.41) is 0. The van der Waals surface area contributed by atoms with Gasteiger partial charge in [0.25, 0.3) is 0 Å². The van der Waals surface area contributed by atoms with Crippen LogP contribution in [-0.4, -0.2) is 30.4 Å². The van der Waals surface area contributed by atoms with Crippen LogP contribution in [-0.2, 0) is 16.0 Å². The van der Waals surface area contributed by atoms with Crippen molar-refractivity contribution in [1.29, 1.82) is 0 Å². The summed E-state index contributed by atoms with van der Waals surface area (Å²) in [7, 11) is 1.52. The van der Waals surface area contributed by atoms with Gasteiger partial charge in [0.2, 0.25) is 0 Å². The zero-order valence-electron chi connectivity index (χ0n) is 18.8. The molecule has 3 aromatic carbocycles. The molecule has 166 valence electrons. The van der Waals surface area contributed by atoms with Crippen LogP contribution in [0.1, 0.15) is 37.5 Å². The lowest BCUT2D eigenvalue weighted by Crippen LogP contribution is -2.33.